The summed E-state index contributed by atoms with van der Waals surface area (Å²) in [6.45, 7) is 6.97. The van der Waals surface area contributed by atoms with E-state index in [4.69, 9.17) is 9.47 Å². The van der Waals surface area contributed by atoms with Crippen LogP contribution in [0.2, 0.25) is 0 Å². The SMILES string of the molecule is CC(C)OC(=O)[C@@H](Br)[C@H](Br)C(=O)OC(C)C. The second kappa shape index (κ2) is 7.27. The third-order valence-electron chi connectivity index (χ3n) is 1.41. The molecule has 4 nitrogen and oxygen atoms in total. The minimum Gasteiger partial charge on any atom is -0.462 e. The molecule has 0 spiro atoms. The van der Waals surface area contributed by atoms with E-state index in [0.717, 1.165) is 0 Å². The van der Waals surface area contributed by atoms with Crippen molar-refractivity contribution in [2.75, 3.05) is 0 Å². The molecule has 94 valence electrons. The quantitative estimate of drug-likeness (QED) is 0.558. The van der Waals surface area contributed by atoms with Gasteiger partial charge in [-0.1, -0.05) is 31.9 Å². The van der Waals surface area contributed by atoms with Gasteiger partial charge in [-0.2, -0.15) is 0 Å². The summed E-state index contributed by atoms with van der Waals surface area (Å²) < 4.78 is 9.93. The predicted octanol–water partition coefficient (Wildman–Crippen LogP) is 2.42. The fourth-order valence-corrected chi connectivity index (χ4v) is 1.48. The van der Waals surface area contributed by atoms with Crippen LogP contribution in [-0.2, 0) is 19.1 Å². The van der Waals surface area contributed by atoms with Crippen LogP contribution in [0.3, 0.4) is 0 Å². The number of carbonyl (C=O) groups excluding carboxylic acids is 2. The molecule has 0 fully saturated rings. The number of ether oxygens (including phenoxy) is 2. The highest BCUT2D eigenvalue weighted by Crippen LogP contribution is 2.18. The van der Waals surface area contributed by atoms with E-state index in [0.29, 0.717) is 0 Å². The molecule has 16 heavy (non-hydrogen) atoms. The lowest BCUT2D eigenvalue weighted by atomic mass is 10.3. The summed E-state index contributed by atoms with van der Waals surface area (Å²) in [5.41, 5.74) is 0. The van der Waals surface area contributed by atoms with E-state index in [1.54, 1.807) is 27.7 Å². The van der Waals surface area contributed by atoms with Crippen LogP contribution in [0.4, 0.5) is 0 Å². The van der Waals surface area contributed by atoms with Gasteiger partial charge in [-0.3, -0.25) is 9.59 Å². The van der Waals surface area contributed by atoms with Crippen molar-refractivity contribution >= 4 is 43.8 Å². The average molecular weight is 360 g/mol. The van der Waals surface area contributed by atoms with Crippen molar-refractivity contribution in [1.29, 1.82) is 0 Å². The van der Waals surface area contributed by atoms with Crippen LogP contribution >= 0.6 is 31.9 Å². The topological polar surface area (TPSA) is 52.6 Å². The molecule has 0 aliphatic heterocycles. The Morgan fingerprint density at radius 3 is 1.25 bits per heavy atom. The first kappa shape index (κ1) is 15.9. The molecule has 0 unspecified atom stereocenters. The molecule has 0 aliphatic carbocycles. The van der Waals surface area contributed by atoms with E-state index in [2.05, 4.69) is 31.9 Å². The van der Waals surface area contributed by atoms with Gasteiger partial charge in [0.15, 0.2) is 0 Å². The molecule has 0 aromatic rings. The average Bonchev–Trinajstić information content (AvgIpc) is 2.13. The summed E-state index contributed by atoms with van der Waals surface area (Å²) in [5.74, 6) is -0.977. The molecule has 0 bridgehead atoms. The molecular weight excluding hydrogens is 344 g/mol. The Hall–Kier alpha value is -0.100. The fourth-order valence-electron chi connectivity index (χ4n) is 0.834. The maximum absolute atomic E-state index is 11.5. The van der Waals surface area contributed by atoms with Gasteiger partial charge >= 0.3 is 11.9 Å². The summed E-state index contributed by atoms with van der Waals surface area (Å²) in [4.78, 5) is 21.5. The lowest BCUT2D eigenvalue weighted by Crippen LogP contribution is -2.35. The molecule has 0 rings (SSSR count). The standard InChI is InChI=1S/C10H16Br2O4/c1-5(2)15-9(13)7(11)8(12)10(14)16-6(3)4/h5-8H,1-4H3/t7-,8-/m0/s1. The second-order valence-corrected chi connectivity index (χ2v) is 5.75. The number of esters is 2. The first-order valence-corrected chi connectivity index (χ1v) is 6.78. The zero-order valence-electron chi connectivity index (χ0n) is 9.70. The van der Waals surface area contributed by atoms with Gasteiger partial charge in [0.25, 0.3) is 0 Å². The first-order chi connectivity index (χ1) is 7.25. The molecule has 0 aromatic carbocycles. The van der Waals surface area contributed by atoms with E-state index in [9.17, 15) is 9.59 Å². The molecule has 0 aromatic heterocycles. The van der Waals surface area contributed by atoms with Gasteiger partial charge in [-0.05, 0) is 27.7 Å². The molecule has 0 N–H and O–H groups in total. The van der Waals surface area contributed by atoms with Gasteiger partial charge < -0.3 is 9.47 Å². The third kappa shape index (κ3) is 5.84. The van der Waals surface area contributed by atoms with Crippen molar-refractivity contribution in [2.45, 2.75) is 49.6 Å². The van der Waals surface area contributed by atoms with E-state index < -0.39 is 21.6 Å². The normalized spacial score (nSPS) is 14.8. The zero-order valence-corrected chi connectivity index (χ0v) is 12.9. The Labute approximate surface area is 112 Å². The van der Waals surface area contributed by atoms with Crippen LogP contribution in [0.1, 0.15) is 27.7 Å². The van der Waals surface area contributed by atoms with E-state index in [1.165, 1.54) is 0 Å². The predicted molar refractivity (Wildman–Crippen MR) is 67.9 cm³/mol. The van der Waals surface area contributed by atoms with E-state index in [-0.39, 0.29) is 12.2 Å². The van der Waals surface area contributed by atoms with Gasteiger partial charge in [-0.15, -0.1) is 0 Å². The van der Waals surface area contributed by atoms with Crippen LogP contribution in [0.5, 0.6) is 0 Å². The Kier molecular flexibility index (Phi) is 7.22. The summed E-state index contributed by atoms with van der Waals surface area (Å²) in [6.07, 6.45) is -0.429. The van der Waals surface area contributed by atoms with Crippen molar-refractivity contribution in [3.8, 4) is 0 Å². The molecule has 0 amide bonds. The van der Waals surface area contributed by atoms with E-state index >= 15 is 0 Å². The van der Waals surface area contributed by atoms with Crippen LogP contribution in [-0.4, -0.2) is 33.8 Å². The fraction of sp³-hybridized carbons (Fsp3) is 0.800. The summed E-state index contributed by atoms with van der Waals surface area (Å²) in [6, 6.07) is 0. The van der Waals surface area contributed by atoms with Gasteiger partial charge in [0.05, 0.1) is 12.2 Å². The van der Waals surface area contributed by atoms with Crippen LogP contribution in [0, 0.1) is 0 Å². The number of halogens is 2. The van der Waals surface area contributed by atoms with Crippen LogP contribution in [0.15, 0.2) is 0 Å². The maximum atomic E-state index is 11.5. The minimum absolute atomic E-state index is 0.214. The molecule has 0 saturated heterocycles. The highest BCUT2D eigenvalue weighted by atomic mass is 79.9. The highest BCUT2D eigenvalue weighted by molar-refractivity contribution is 9.12. The zero-order chi connectivity index (χ0) is 12.9. The molecule has 6 heteroatoms. The van der Waals surface area contributed by atoms with E-state index in [1.807, 2.05) is 0 Å². The summed E-state index contributed by atoms with van der Waals surface area (Å²) in [7, 11) is 0. The molecule has 0 saturated carbocycles. The lowest BCUT2D eigenvalue weighted by molar-refractivity contribution is -0.152. The Morgan fingerprint density at radius 2 is 1.06 bits per heavy atom. The monoisotopic (exact) mass is 358 g/mol. The van der Waals surface area contributed by atoms with Gasteiger partial charge in [-0.25, -0.2) is 0 Å². The van der Waals surface area contributed by atoms with Crippen molar-refractivity contribution < 1.29 is 19.1 Å². The second-order valence-electron chi connectivity index (χ2n) is 3.77. The van der Waals surface area contributed by atoms with Gasteiger partial charge in [0.1, 0.15) is 9.65 Å². The molecule has 2 atom stereocenters. The number of hydrogen-bond donors (Lipinski definition) is 0. The van der Waals surface area contributed by atoms with Gasteiger partial charge in [0, 0.05) is 0 Å². The van der Waals surface area contributed by atoms with Crippen molar-refractivity contribution in [2.24, 2.45) is 0 Å². The lowest BCUT2D eigenvalue weighted by Gasteiger charge is -2.17. The third-order valence-corrected chi connectivity index (χ3v) is 3.93. The smallest absolute Gasteiger partial charge is 0.321 e. The number of alkyl halides is 2. The van der Waals surface area contributed by atoms with Crippen LogP contribution in [0.25, 0.3) is 0 Å². The molecule has 0 aliphatic rings. The molecular formula is C10H16Br2O4. The number of rotatable bonds is 5. The van der Waals surface area contributed by atoms with Gasteiger partial charge in [0.2, 0.25) is 0 Å². The van der Waals surface area contributed by atoms with Crippen molar-refractivity contribution in [3.63, 3.8) is 0 Å². The largest absolute Gasteiger partial charge is 0.462 e. The molecule has 0 heterocycles. The summed E-state index contributed by atoms with van der Waals surface area (Å²) in [5, 5.41) is 0. The number of hydrogen-bond acceptors (Lipinski definition) is 4. The van der Waals surface area contributed by atoms with Crippen molar-refractivity contribution in [1.82, 2.24) is 0 Å². The first-order valence-electron chi connectivity index (χ1n) is 4.94. The van der Waals surface area contributed by atoms with Crippen molar-refractivity contribution in [3.05, 3.63) is 0 Å². The minimum atomic E-state index is -0.749. The Balaban J connectivity index is 4.31. The highest BCUT2D eigenvalue weighted by Gasteiger charge is 2.32. The molecule has 0 radical (unpaired) electrons. The van der Waals surface area contributed by atoms with Crippen LogP contribution < -0.4 is 0 Å². The maximum Gasteiger partial charge on any atom is 0.321 e. The Bertz CT molecular complexity index is 227. The Morgan fingerprint density at radius 1 is 0.812 bits per heavy atom. The number of carbonyl (C=O) groups is 2. The summed E-state index contributed by atoms with van der Waals surface area (Å²) >= 11 is 6.21.